The van der Waals surface area contributed by atoms with E-state index >= 15 is 0 Å². The normalized spacial score (nSPS) is 14.3. The van der Waals surface area contributed by atoms with E-state index in [0.29, 0.717) is 0 Å². The van der Waals surface area contributed by atoms with Crippen LogP contribution in [0, 0.1) is 0 Å². The zero-order valence-corrected chi connectivity index (χ0v) is 10.5. The molecule has 1 unspecified atom stereocenters. The molecule has 0 aliphatic rings. The number of sulfonamides is 1. The van der Waals surface area contributed by atoms with E-state index in [2.05, 4.69) is 12.2 Å². The van der Waals surface area contributed by atoms with Crippen LogP contribution >= 0.6 is 12.2 Å². The predicted molar refractivity (Wildman–Crippen MR) is 62.7 cm³/mol. The van der Waals surface area contributed by atoms with Gasteiger partial charge in [-0.05, 0) is 13.3 Å². The summed E-state index contributed by atoms with van der Waals surface area (Å²) in [5.74, 6) is -0.243. The lowest BCUT2D eigenvalue weighted by molar-refractivity contribution is 0.370. The fraction of sp³-hybridized carbons (Fsp3) is 0.875. The SMILES string of the molecule is CCCC(C)N(C)S(=O)(=O)CC(N)=S. The molecular formula is C8H18N2O2S2. The third-order valence-electron chi connectivity index (χ3n) is 2.09. The molecule has 1 atom stereocenters. The van der Waals surface area contributed by atoms with Gasteiger partial charge in [0.25, 0.3) is 0 Å². The van der Waals surface area contributed by atoms with Crippen molar-refractivity contribution >= 4 is 27.2 Å². The lowest BCUT2D eigenvalue weighted by Gasteiger charge is -2.23. The topological polar surface area (TPSA) is 63.4 Å². The standard InChI is InChI=1S/C8H18N2O2S2/c1-4-5-7(2)10(3)14(11,12)6-8(9)13/h7H,4-6H2,1-3H3,(H2,9,13). The highest BCUT2D eigenvalue weighted by molar-refractivity contribution is 7.92. The summed E-state index contributed by atoms with van der Waals surface area (Å²) in [6.45, 7) is 3.89. The summed E-state index contributed by atoms with van der Waals surface area (Å²) >= 11 is 4.59. The highest BCUT2D eigenvalue weighted by atomic mass is 32.2. The van der Waals surface area contributed by atoms with Crippen molar-refractivity contribution in [1.82, 2.24) is 4.31 Å². The van der Waals surface area contributed by atoms with Crippen molar-refractivity contribution < 1.29 is 8.42 Å². The van der Waals surface area contributed by atoms with Crippen LogP contribution in [0.1, 0.15) is 26.7 Å². The lowest BCUT2D eigenvalue weighted by Crippen LogP contribution is -2.39. The number of rotatable bonds is 6. The van der Waals surface area contributed by atoms with Crippen molar-refractivity contribution in [2.24, 2.45) is 5.73 Å². The Kier molecular flexibility index (Phi) is 5.54. The molecule has 0 fully saturated rings. The van der Waals surface area contributed by atoms with Crippen molar-refractivity contribution in [2.75, 3.05) is 12.8 Å². The molecule has 0 amide bonds. The summed E-state index contributed by atoms with van der Waals surface area (Å²) in [7, 11) is -1.75. The molecule has 2 N–H and O–H groups in total. The van der Waals surface area contributed by atoms with Gasteiger partial charge in [-0.3, -0.25) is 0 Å². The molecule has 0 aromatic heterocycles. The van der Waals surface area contributed by atoms with Gasteiger partial charge < -0.3 is 5.73 Å². The van der Waals surface area contributed by atoms with Crippen molar-refractivity contribution in [3.8, 4) is 0 Å². The first-order chi connectivity index (χ1) is 6.31. The first-order valence-corrected chi connectivity index (χ1v) is 6.57. The van der Waals surface area contributed by atoms with Gasteiger partial charge in [0.2, 0.25) is 10.0 Å². The maximum absolute atomic E-state index is 11.6. The lowest BCUT2D eigenvalue weighted by atomic mass is 10.2. The third-order valence-corrected chi connectivity index (χ3v) is 4.33. The van der Waals surface area contributed by atoms with Gasteiger partial charge in [0, 0.05) is 13.1 Å². The van der Waals surface area contributed by atoms with Gasteiger partial charge in [-0.2, -0.15) is 0 Å². The highest BCUT2D eigenvalue weighted by Gasteiger charge is 2.23. The molecule has 0 spiro atoms. The second kappa shape index (κ2) is 5.63. The number of nitrogens with two attached hydrogens (primary N) is 1. The fourth-order valence-corrected chi connectivity index (χ4v) is 2.82. The van der Waals surface area contributed by atoms with Crippen LogP contribution in [0.15, 0.2) is 0 Å². The molecule has 0 saturated carbocycles. The monoisotopic (exact) mass is 238 g/mol. The van der Waals surface area contributed by atoms with Crippen LogP contribution in [0.25, 0.3) is 0 Å². The molecule has 0 radical (unpaired) electrons. The zero-order chi connectivity index (χ0) is 11.4. The summed E-state index contributed by atoms with van der Waals surface area (Å²) in [6.07, 6.45) is 1.79. The largest absolute Gasteiger partial charge is 0.392 e. The average Bonchev–Trinajstić information content (AvgIpc) is 2.01. The van der Waals surface area contributed by atoms with Crippen LogP contribution in [0.2, 0.25) is 0 Å². The first-order valence-electron chi connectivity index (χ1n) is 4.55. The van der Waals surface area contributed by atoms with Crippen molar-refractivity contribution in [3.05, 3.63) is 0 Å². The molecule has 0 aromatic carbocycles. The van der Waals surface area contributed by atoms with Crippen LogP contribution in [0.5, 0.6) is 0 Å². The van der Waals surface area contributed by atoms with Gasteiger partial charge in [0.15, 0.2) is 0 Å². The Bertz CT molecular complexity index is 288. The van der Waals surface area contributed by atoms with Crippen molar-refractivity contribution in [3.63, 3.8) is 0 Å². The van der Waals surface area contributed by atoms with Gasteiger partial charge in [-0.15, -0.1) is 0 Å². The summed E-state index contributed by atoms with van der Waals surface area (Å²) in [5, 5.41) is 0. The van der Waals surface area contributed by atoms with Gasteiger partial charge in [0.1, 0.15) is 5.75 Å². The molecule has 0 saturated heterocycles. The summed E-state index contributed by atoms with van der Waals surface area (Å²) in [6, 6.07) is -0.000602. The van der Waals surface area contributed by atoms with Crippen molar-refractivity contribution in [1.29, 1.82) is 0 Å². The van der Waals surface area contributed by atoms with E-state index in [0.717, 1.165) is 12.8 Å². The first kappa shape index (κ1) is 13.8. The molecule has 0 rings (SSSR count). The Balaban J connectivity index is 4.50. The maximum atomic E-state index is 11.6. The number of hydrogen-bond donors (Lipinski definition) is 1. The third kappa shape index (κ3) is 4.34. The summed E-state index contributed by atoms with van der Waals surface area (Å²) in [5.41, 5.74) is 5.22. The minimum absolute atomic E-state index is 0.000602. The molecule has 0 bridgehead atoms. The zero-order valence-electron chi connectivity index (χ0n) is 8.86. The van der Waals surface area contributed by atoms with Gasteiger partial charge in [0.05, 0.1) is 4.99 Å². The van der Waals surface area contributed by atoms with E-state index in [4.69, 9.17) is 5.73 Å². The minimum Gasteiger partial charge on any atom is -0.392 e. The summed E-state index contributed by atoms with van der Waals surface area (Å²) < 4.78 is 24.6. The molecule has 6 heteroatoms. The second-order valence-electron chi connectivity index (χ2n) is 3.38. The van der Waals surface area contributed by atoms with Gasteiger partial charge >= 0.3 is 0 Å². The second-order valence-corrected chi connectivity index (χ2v) is 5.93. The van der Waals surface area contributed by atoms with Crippen LogP contribution in [0.4, 0.5) is 0 Å². The molecule has 0 aliphatic heterocycles. The molecule has 0 aliphatic carbocycles. The van der Waals surface area contributed by atoms with E-state index in [1.807, 2.05) is 13.8 Å². The Hall–Kier alpha value is -0.200. The van der Waals surface area contributed by atoms with E-state index in [-0.39, 0.29) is 16.8 Å². The quantitative estimate of drug-likeness (QED) is 0.693. The van der Waals surface area contributed by atoms with Crippen molar-refractivity contribution in [2.45, 2.75) is 32.7 Å². The van der Waals surface area contributed by atoms with Crippen LogP contribution < -0.4 is 5.73 Å². The van der Waals surface area contributed by atoms with Crippen LogP contribution in [-0.2, 0) is 10.0 Å². The Labute approximate surface area is 91.5 Å². The van der Waals surface area contributed by atoms with Crippen LogP contribution in [0.3, 0.4) is 0 Å². The molecule has 14 heavy (non-hydrogen) atoms. The average molecular weight is 238 g/mol. The van der Waals surface area contributed by atoms with E-state index in [1.165, 1.54) is 4.31 Å². The number of thiocarbonyl (C=S) groups is 1. The Morgan fingerprint density at radius 3 is 2.43 bits per heavy atom. The molecule has 0 heterocycles. The molecule has 4 nitrogen and oxygen atoms in total. The fourth-order valence-electron chi connectivity index (χ4n) is 1.16. The molecule has 0 aromatic rings. The minimum atomic E-state index is -3.31. The number of nitrogens with zero attached hydrogens (tertiary/aromatic N) is 1. The Morgan fingerprint density at radius 1 is 1.57 bits per heavy atom. The molecule has 84 valence electrons. The summed E-state index contributed by atoms with van der Waals surface area (Å²) in [4.78, 5) is 0.0144. The van der Waals surface area contributed by atoms with Gasteiger partial charge in [-0.25, -0.2) is 12.7 Å². The van der Waals surface area contributed by atoms with E-state index in [1.54, 1.807) is 7.05 Å². The van der Waals surface area contributed by atoms with Gasteiger partial charge in [-0.1, -0.05) is 25.6 Å². The van der Waals surface area contributed by atoms with E-state index in [9.17, 15) is 8.42 Å². The predicted octanol–water partition coefficient (Wildman–Crippen LogP) is 0.723. The number of hydrogen-bond acceptors (Lipinski definition) is 3. The van der Waals surface area contributed by atoms with E-state index < -0.39 is 10.0 Å². The maximum Gasteiger partial charge on any atom is 0.220 e. The highest BCUT2D eigenvalue weighted by Crippen LogP contribution is 2.09. The smallest absolute Gasteiger partial charge is 0.220 e. The van der Waals surface area contributed by atoms with Crippen LogP contribution in [-0.4, -0.2) is 36.6 Å². The molecular weight excluding hydrogens is 220 g/mol. The Morgan fingerprint density at radius 2 is 2.07 bits per heavy atom.